The monoisotopic (exact) mass is 540 g/mol. The smallest absolute Gasteiger partial charge is 0.249 e. The molecule has 4 fully saturated rings. The van der Waals surface area contributed by atoms with Crippen LogP contribution in [0.1, 0.15) is 49.7 Å². The molecule has 1 atom stereocenters. The topological polar surface area (TPSA) is 112 Å². The number of likely N-dealkylation sites (tertiary alicyclic amines) is 1. The van der Waals surface area contributed by atoms with Crippen LogP contribution >= 0.6 is 0 Å². The maximum absolute atomic E-state index is 13.6. The number of nitrogen functional groups attached to an aromatic ring is 1. The van der Waals surface area contributed by atoms with Crippen LogP contribution in [0.15, 0.2) is 61.3 Å². The molecule has 0 radical (unpaired) electrons. The number of anilines is 3. The van der Waals surface area contributed by atoms with Crippen LogP contribution < -0.4 is 20.9 Å². The van der Waals surface area contributed by atoms with Crippen molar-refractivity contribution >= 4 is 34.9 Å². The number of carbonyl (C=O) groups is 3. The Morgan fingerprint density at radius 3 is 2.45 bits per heavy atom. The molecule has 3 amide bonds. The number of pyridine rings is 1. The molecule has 3 N–H and O–H groups in total. The van der Waals surface area contributed by atoms with E-state index in [0.717, 1.165) is 61.5 Å². The van der Waals surface area contributed by atoms with Gasteiger partial charge in [0.05, 0.1) is 17.3 Å². The van der Waals surface area contributed by atoms with Gasteiger partial charge in [-0.15, -0.1) is 0 Å². The highest BCUT2D eigenvalue weighted by Gasteiger charge is 2.62. The Kier molecular flexibility index (Phi) is 6.49. The van der Waals surface area contributed by atoms with Crippen LogP contribution in [0.5, 0.6) is 0 Å². The van der Waals surface area contributed by atoms with Crippen LogP contribution in [0.25, 0.3) is 0 Å². The number of carbonyl (C=O) groups excluding carboxylic acids is 3. The number of imide groups is 1. The first-order valence-corrected chi connectivity index (χ1v) is 14.0. The molecular formula is C31H36N6O3. The van der Waals surface area contributed by atoms with Gasteiger partial charge in [0.2, 0.25) is 17.7 Å². The van der Waals surface area contributed by atoms with Crippen molar-refractivity contribution in [3.05, 3.63) is 72.5 Å². The van der Waals surface area contributed by atoms with Crippen molar-refractivity contribution in [3.8, 4) is 0 Å². The van der Waals surface area contributed by atoms with Gasteiger partial charge in [-0.1, -0.05) is 36.9 Å². The van der Waals surface area contributed by atoms with Crippen molar-refractivity contribution in [1.82, 2.24) is 15.2 Å². The summed E-state index contributed by atoms with van der Waals surface area (Å²) in [6, 6.07) is 9.96. The highest BCUT2D eigenvalue weighted by molar-refractivity contribution is 6.15. The second-order valence-corrected chi connectivity index (χ2v) is 11.7. The number of nitrogens with two attached hydrogens (primary N) is 1. The first-order valence-electron chi connectivity index (χ1n) is 14.0. The summed E-state index contributed by atoms with van der Waals surface area (Å²) >= 11 is 0. The maximum atomic E-state index is 13.6. The number of amides is 3. The third-order valence-corrected chi connectivity index (χ3v) is 8.93. The van der Waals surface area contributed by atoms with Gasteiger partial charge in [-0.3, -0.25) is 29.5 Å². The summed E-state index contributed by atoms with van der Waals surface area (Å²) in [6.07, 6.45) is 5.88. The molecule has 1 aromatic carbocycles. The molecule has 3 saturated heterocycles. The summed E-state index contributed by atoms with van der Waals surface area (Å²) in [4.78, 5) is 48.6. The van der Waals surface area contributed by atoms with Crippen LogP contribution in [0.4, 0.5) is 17.2 Å². The van der Waals surface area contributed by atoms with Crippen LogP contribution in [-0.2, 0) is 19.8 Å². The normalized spacial score (nSPS) is 23.5. The fraction of sp³-hybridized carbons (Fsp3) is 0.419. The number of piperidine rings is 1. The molecule has 5 heterocycles. The van der Waals surface area contributed by atoms with Gasteiger partial charge in [-0.05, 0) is 55.5 Å². The van der Waals surface area contributed by atoms with Gasteiger partial charge in [-0.2, -0.15) is 0 Å². The first-order chi connectivity index (χ1) is 19.2. The van der Waals surface area contributed by atoms with Gasteiger partial charge in [0.1, 0.15) is 11.9 Å². The summed E-state index contributed by atoms with van der Waals surface area (Å²) < 4.78 is 0. The van der Waals surface area contributed by atoms with E-state index in [1.165, 1.54) is 5.56 Å². The zero-order chi connectivity index (χ0) is 28.2. The molecule has 208 valence electrons. The van der Waals surface area contributed by atoms with Crippen molar-refractivity contribution < 1.29 is 14.4 Å². The lowest BCUT2D eigenvalue weighted by molar-refractivity contribution is -0.135. The number of fused-ring (bicyclic) bond motifs is 2. The third-order valence-electron chi connectivity index (χ3n) is 8.93. The molecule has 2 aromatic rings. The Morgan fingerprint density at radius 2 is 1.85 bits per heavy atom. The molecule has 7 rings (SSSR count). The third kappa shape index (κ3) is 4.38. The predicted octanol–water partition coefficient (Wildman–Crippen LogP) is 2.88. The number of aromatic nitrogens is 1. The van der Waals surface area contributed by atoms with E-state index in [4.69, 9.17) is 5.73 Å². The maximum Gasteiger partial charge on any atom is 0.249 e. The SMILES string of the molecule is C=CC(=C)C.Nc1ccc(N2CC(N3CC(c4cccc5c4C4(CC4)C(=O)N5C4CCC(=O)NC4=O)C3)C2)cn1. The fourth-order valence-electron chi connectivity index (χ4n) is 6.38. The van der Waals surface area contributed by atoms with Crippen molar-refractivity contribution in [3.63, 3.8) is 0 Å². The number of nitrogens with zero attached hydrogens (tertiary/aromatic N) is 4. The van der Waals surface area contributed by atoms with E-state index in [9.17, 15) is 14.4 Å². The Balaban J connectivity index is 0.000000534. The van der Waals surface area contributed by atoms with Gasteiger partial charge in [0, 0.05) is 50.2 Å². The quantitative estimate of drug-likeness (QED) is 0.443. The molecule has 40 heavy (non-hydrogen) atoms. The van der Waals surface area contributed by atoms with Gasteiger partial charge >= 0.3 is 0 Å². The average Bonchev–Trinajstić information content (AvgIpc) is 3.64. The van der Waals surface area contributed by atoms with Gasteiger partial charge < -0.3 is 10.6 Å². The number of hydrogen-bond donors (Lipinski definition) is 2. The Bertz CT molecular complexity index is 1390. The molecular weight excluding hydrogens is 504 g/mol. The number of hydrogen-bond acceptors (Lipinski definition) is 7. The van der Waals surface area contributed by atoms with E-state index in [-0.39, 0.29) is 24.1 Å². The molecule has 1 saturated carbocycles. The molecule has 1 unspecified atom stereocenters. The second-order valence-electron chi connectivity index (χ2n) is 11.7. The van der Waals surface area contributed by atoms with Crippen molar-refractivity contribution in [2.75, 3.05) is 41.7 Å². The van der Waals surface area contributed by atoms with Gasteiger partial charge in [-0.25, -0.2) is 4.98 Å². The van der Waals surface area contributed by atoms with Crippen molar-refractivity contribution in [2.24, 2.45) is 0 Å². The minimum Gasteiger partial charge on any atom is -0.384 e. The Labute approximate surface area is 234 Å². The summed E-state index contributed by atoms with van der Waals surface area (Å²) in [6.45, 7) is 12.9. The second kappa shape index (κ2) is 9.89. The lowest BCUT2D eigenvalue weighted by Crippen LogP contribution is -2.64. The lowest BCUT2D eigenvalue weighted by Gasteiger charge is -2.53. The molecule has 1 aliphatic carbocycles. The molecule has 5 aliphatic rings. The van der Waals surface area contributed by atoms with Crippen LogP contribution in [-0.4, -0.2) is 65.9 Å². The minimum atomic E-state index is -0.601. The van der Waals surface area contributed by atoms with E-state index < -0.39 is 11.5 Å². The predicted molar refractivity (Wildman–Crippen MR) is 155 cm³/mol. The Hall–Kier alpha value is -3.98. The van der Waals surface area contributed by atoms with Crippen LogP contribution in [0, 0.1) is 0 Å². The number of rotatable bonds is 5. The fourth-order valence-corrected chi connectivity index (χ4v) is 6.38. The number of nitrogens with one attached hydrogen (secondary N) is 1. The van der Waals surface area contributed by atoms with Crippen molar-refractivity contribution in [1.29, 1.82) is 0 Å². The van der Waals surface area contributed by atoms with Gasteiger partial charge in [0.15, 0.2) is 0 Å². The first kappa shape index (κ1) is 26.3. The summed E-state index contributed by atoms with van der Waals surface area (Å²) in [5, 5.41) is 2.42. The Morgan fingerprint density at radius 1 is 1.12 bits per heavy atom. The largest absolute Gasteiger partial charge is 0.384 e. The van der Waals surface area contributed by atoms with E-state index in [2.05, 4.69) is 39.3 Å². The van der Waals surface area contributed by atoms with Gasteiger partial charge in [0.25, 0.3) is 0 Å². The molecule has 4 aliphatic heterocycles. The van der Waals surface area contributed by atoms with Crippen LogP contribution in [0.2, 0.25) is 0 Å². The van der Waals surface area contributed by atoms with E-state index >= 15 is 0 Å². The minimum absolute atomic E-state index is 0.0392. The van der Waals surface area contributed by atoms with Crippen LogP contribution in [0.3, 0.4) is 0 Å². The average molecular weight is 541 g/mol. The summed E-state index contributed by atoms with van der Waals surface area (Å²) in [5.74, 6) is 0.352. The van der Waals surface area contributed by atoms with E-state index in [1.807, 2.05) is 37.4 Å². The molecule has 1 spiro atoms. The highest BCUT2D eigenvalue weighted by atomic mass is 16.2. The molecule has 9 heteroatoms. The zero-order valence-electron chi connectivity index (χ0n) is 22.9. The summed E-state index contributed by atoms with van der Waals surface area (Å²) in [5.41, 5.74) is 10.6. The number of allylic oxidation sites excluding steroid dienone is 2. The summed E-state index contributed by atoms with van der Waals surface area (Å²) in [7, 11) is 0. The molecule has 9 nitrogen and oxygen atoms in total. The molecule has 0 bridgehead atoms. The standard InChI is InChI=1S/C26H28N6O3.C5H8/c27-21-6-4-16(10-28-21)31-13-17(14-31)30-11-15(12-30)18-2-1-3-19-23(18)26(8-9-26)25(35)32(19)20-5-7-22(33)29-24(20)34;1-4-5(2)3/h1-4,6,10,15,17,20H,5,7-9,11-14H2,(H2,27,28)(H,29,33,34);4H,1-2H2,3H3. The van der Waals surface area contributed by atoms with Crippen molar-refractivity contribution in [2.45, 2.75) is 56.0 Å². The number of benzene rings is 1. The molecule has 1 aromatic heterocycles. The highest BCUT2D eigenvalue weighted by Crippen LogP contribution is 2.60. The zero-order valence-corrected chi connectivity index (χ0v) is 22.9. The lowest BCUT2D eigenvalue weighted by atomic mass is 9.81. The van der Waals surface area contributed by atoms with E-state index in [0.29, 0.717) is 24.2 Å². The van der Waals surface area contributed by atoms with E-state index in [1.54, 1.807) is 11.0 Å².